The topological polar surface area (TPSA) is 55.3 Å². The maximum absolute atomic E-state index is 12.8. The molecule has 0 atom stereocenters. The highest BCUT2D eigenvalue weighted by Crippen LogP contribution is 2.24. The summed E-state index contributed by atoms with van der Waals surface area (Å²) in [5.74, 6) is 0.694. The summed E-state index contributed by atoms with van der Waals surface area (Å²) in [5.41, 5.74) is 0.428. The largest absolute Gasteiger partial charge is 0.437 e. The summed E-state index contributed by atoms with van der Waals surface area (Å²) in [6.07, 6.45) is 4.85. The summed E-state index contributed by atoms with van der Waals surface area (Å²) in [7, 11) is 1.78. The van der Waals surface area contributed by atoms with Gasteiger partial charge in [-0.2, -0.15) is 0 Å². The van der Waals surface area contributed by atoms with E-state index in [2.05, 4.69) is 23.0 Å². The van der Waals surface area contributed by atoms with Crippen LogP contribution in [0.4, 0.5) is 0 Å². The Bertz CT molecular complexity index is 833. The molecule has 0 radical (unpaired) electrons. The first kappa shape index (κ1) is 16.1. The lowest BCUT2D eigenvalue weighted by atomic mass is 10.2. The lowest BCUT2D eigenvalue weighted by Gasteiger charge is -2.17. The fourth-order valence-electron chi connectivity index (χ4n) is 2.24. The number of hydrogen-bond acceptors (Lipinski definition) is 5. The summed E-state index contributed by atoms with van der Waals surface area (Å²) < 4.78 is 5.72. The molecular weight excluding hydrogens is 322 g/mol. The van der Waals surface area contributed by atoms with E-state index in [1.807, 2.05) is 6.07 Å². The minimum atomic E-state index is -0.131. The van der Waals surface area contributed by atoms with Crippen molar-refractivity contribution in [1.29, 1.82) is 0 Å². The highest BCUT2D eigenvalue weighted by Gasteiger charge is 2.19. The van der Waals surface area contributed by atoms with Crippen LogP contribution in [0.5, 0.6) is 11.6 Å². The molecule has 1 amide bonds. The number of aromatic nitrogens is 2. The Labute approximate surface area is 144 Å². The number of carbonyl (C=O) groups is 1. The van der Waals surface area contributed by atoms with E-state index in [1.54, 1.807) is 66.1 Å². The predicted octanol–water partition coefficient (Wildman–Crippen LogP) is 3.91. The first-order valence-corrected chi connectivity index (χ1v) is 8.29. The maximum Gasteiger partial charge on any atom is 0.259 e. The molecule has 0 saturated heterocycles. The van der Waals surface area contributed by atoms with E-state index in [1.165, 1.54) is 4.88 Å². The van der Waals surface area contributed by atoms with Crippen molar-refractivity contribution in [3.8, 4) is 11.6 Å². The average molecular weight is 339 g/mol. The van der Waals surface area contributed by atoms with Gasteiger partial charge in [-0.1, -0.05) is 0 Å². The van der Waals surface area contributed by atoms with Gasteiger partial charge in [0.25, 0.3) is 5.91 Å². The first-order valence-electron chi connectivity index (χ1n) is 7.47. The molecule has 0 aliphatic carbocycles. The second-order valence-corrected chi connectivity index (χ2v) is 6.69. The SMILES string of the molecule is Cc1ccc(CN(C)C(=O)c2cccnc2Oc2cccnc2)s1. The van der Waals surface area contributed by atoms with Gasteiger partial charge in [0, 0.05) is 29.2 Å². The Kier molecular flexibility index (Phi) is 4.86. The number of rotatable bonds is 5. The number of ether oxygens (including phenoxy) is 1. The predicted molar refractivity (Wildman–Crippen MR) is 93.4 cm³/mol. The third kappa shape index (κ3) is 3.78. The summed E-state index contributed by atoms with van der Waals surface area (Å²) in [5, 5.41) is 0. The number of hydrogen-bond donors (Lipinski definition) is 0. The summed E-state index contributed by atoms with van der Waals surface area (Å²) in [4.78, 5) is 25.0. The molecule has 0 fully saturated rings. The second-order valence-electron chi connectivity index (χ2n) is 5.32. The standard InChI is InChI=1S/C18H17N3O2S/c1-13-7-8-15(24-13)12-21(2)18(22)16-6-4-10-20-17(16)23-14-5-3-9-19-11-14/h3-11H,12H2,1-2H3. The first-order chi connectivity index (χ1) is 11.6. The van der Waals surface area contributed by atoms with Crippen molar-refractivity contribution in [2.75, 3.05) is 7.05 Å². The molecule has 24 heavy (non-hydrogen) atoms. The highest BCUT2D eigenvalue weighted by molar-refractivity contribution is 7.11. The Morgan fingerprint density at radius 1 is 1.21 bits per heavy atom. The van der Waals surface area contributed by atoms with Crippen LogP contribution >= 0.6 is 11.3 Å². The molecule has 0 aliphatic rings. The highest BCUT2D eigenvalue weighted by atomic mass is 32.1. The van der Waals surface area contributed by atoms with E-state index in [-0.39, 0.29) is 11.8 Å². The zero-order chi connectivity index (χ0) is 16.9. The number of thiophene rings is 1. The van der Waals surface area contributed by atoms with Crippen molar-refractivity contribution in [2.24, 2.45) is 0 Å². The molecule has 0 spiro atoms. The lowest BCUT2D eigenvalue weighted by Crippen LogP contribution is -2.26. The van der Waals surface area contributed by atoms with Crippen molar-refractivity contribution in [2.45, 2.75) is 13.5 Å². The molecule has 0 unspecified atom stereocenters. The van der Waals surface area contributed by atoms with E-state index in [9.17, 15) is 4.79 Å². The Morgan fingerprint density at radius 3 is 2.75 bits per heavy atom. The van der Waals surface area contributed by atoms with E-state index < -0.39 is 0 Å². The number of pyridine rings is 2. The van der Waals surface area contributed by atoms with Crippen molar-refractivity contribution < 1.29 is 9.53 Å². The van der Waals surface area contributed by atoms with Gasteiger partial charge in [-0.3, -0.25) is 9.78 Å². The molecule has 3 aromatic rings. The molecule has 122 valence electrons. The van der Waals surface area contributed by atoms with Gasteiger partial charge in [-0.15, -0.1) is 11.3 Å². The third-order valence-corrected chi connectivity index (χ3v) is 4.37. The normalized spacial score (nSPS) is 10.4. The summed E-state index contributed by atoms with van der Waals surface area (Å²) in [6, 6.07) is 11.1. The number of nitrogens with zero attached hydrogens (tertiary/aromatic N) is 3. The van der Waals surface area contributed by atoms with Crippen molar-refractivity contribution in [3.05, 3.63) is 70.3 Å². The summed E-state index contributed by atoms with van der Waals surface area (Å²) >= 11 is 1.69. The van der Waals surface area contributed by atoms with Crippen LogP contribution in [-0.2, 0) is 6.54 Å². The van der Waals surface area contributed by atoms with Gasteiger partial charge in [0.15, 0.2) is 0 Å². The van der Waals surface area contributed by atoms with Gasteiger partial charge in [0.1, 0.15) is 11.3 Å². The van der Waals surface area contributed by atoms with Gasteiger partial charge >= 0.3 is 0 Å². The van der Waals surface area contributed by atoms with Gasteiger partial charge in [0.05, 0.1) is 12.7 Å². The molecule has 6 heteroatoms. The van der Waals surface area contributed by atoms with Crippen LogP contribution in [0.25, 0.3) is 0 Å². The molecule has 0 bridgehead atoms. The fraction of sp³-hybridized carbons (Fsp3) is 0.167. The maximum atomic E-state index is 12.8. The lowest BCUT2D eigenvalue weighted by molar-refractivity contribution is 0.0783. The zero-order valence-electron chi connectivity index (χ0n) is 13.5. The van der Waals surface area contributed by atoms with E-state index in [0.29, 0.717) is 17.9 Å². The van der Waals surface area contributed by atoms with E-state index >= 15 is 0 Å². The number of carbonyl (C=O) groups excluding carboxylic acids is 1. The molecule has 0 aromatic carbocycles. The van der Waals surface area contributed by atoms with Gasteiger partial charge in [-0.05, 0) is 43.3 Å². The van der Waals surface area contributed by atoms with Crippen molar-refractivity contribution in [1.82, 2.24) is 14.9 Å². The molecule has 5 nitrogen and oxygen atoms in total. The molecule has 0 aliphatic heterocycles. The Balaban J connectivity index is 1.79. The summed E-state index contributed by atoms with van der Waals surface area (Å²) in [6.45, 7) is 2.61. The van der Waals surface area contributed by atoms with Gasteiger partial charge < -0.3 is 9.64 Å². The molecule has 0 N–H and O–H groups in total. The third-order valence-electron chi connectivity index (χ3n) is 3.39. The second kappa shape index (κ2) is 7.23. The minimum absolute atomic E-state index is 0.131. The fourth-order valence-corrected chi connectivity index (χ4v) is 3.18. The van der Waals surface area contributed by atoms with Gasteiger partial charge in [-0.25, -0.2) is 4.98 Å². The van der Waals surface area contributed by atoms with Crippen molar-refractivity contribution >= 4 is 17.2 Å². The monoisotopic (exact) mass is 339 g/mol. The van der Waals surface area contributed by atoms with Crippen LogP contribution in [0.15, 0.2) is 55.0 Å². The van der Waals surface area contributed by atoms with Crippen LogP contribution in [0.3, 0.4) is 0 Å². The minimum Gasteiger partial charge on any atom is -0.437 e. The number of aryl methyl sites for hydroxylation is 1. The average Bonchev–Trinajstić information content (AvgIpc) is 3.00. The van der Waals surface area contributed by atoms with Crippen LogP contribution in [0.1, 0.15) is 20.1 Å². The quantitative estimate of drug-likeness (QED) is 0.707. The smallest absolute Gasteiger partial charge is 0.259 e. The molecule has 3 rings (SSSR count). The molecule has 3 heterocycles. The van der Waals surface area contributed by atoms with Crippen LogP contribution in [-0.4, -0.2) is 27.8 Å². The zero-order valence-corrected chi connectivity index (χ0v) is 14.3. The van der Waals surface area contributed by atoms with E-state index in [4.69, 9.17) is 4.74 Å². The van der Waals surface area contributed by atoms with Crippen LogP contribution in [0.2, 0.25) is 0 Å². The Morgan fingerprint density at radius 2 is 2.04 bits per heavy atom. The van der Waals surface area contributed by atoms with E-state index in [0.717, 1.165) is 4.88 Å². The Hall–Kier alpha value is -2.73. The van der Waals surface area contributed by atoms with Crippen LogP contribution in [0, 0.1) is 6.92 Å². The van der Waals surface area contributed by atoms with Crippen molar-refractivity contribution in [3.63, 3.8) is 0 Å². The molecule has 0 saturated carbocycles. The van der Waals surface area contributed by atoms with Crippen LogP contribution < -0.4 is 4.74 Å². The molecule has 3 aromatic heterocycles. The number of amides is 1. The molecular formula is C18H17N3O2S. The van der Waals surface area contributed by atoms with Gasteiger partial charge in [0.2, 0.25) is 5.88 Å².